The molecule has 1 aromatic heterocycles. The number of rotatable bonds is 5. The Kier molecular flexibility index (Phi) is 5.49. The summed E-state index contributed by atoms with van der Waals surface area (Å²) in [6.07, 6.45) is 0.195. The van der Waals surface area contributed by atoms with Gasteiger partial charge < -0.3 is 5.73 Å². The molecule has 0 atom stereocenters. The highest BCUT2D eigenvalue weighted by Gasteiger charge is 2.15. The molecule has 0 amide bonds. The summed E-state index contributed by atoms with van der Waals surface area (Å²) in [6.45, 7) is 2.05. The van der Waals surface area contributed by atoms with Gasteiger partial charge in [0.25, 0.3) is 0 Å². The molecule has 0 aliphatic carbocycles. The Hall–Kier alpha value is -2.91. The zero-order valence-corrected chi connectivity index (χ0v) is 15.1. The van der Waals surface area contributed by atoms with Crippen LogP contribution in [0.5, 0.6) is 0 Å². The Labute approximate surface area is 155 Å². The van der Waals surface area contributed by atoms with Gasteiger partial charge in [0.2, 0.25) is 0 Å². The molecule has 26 heavy (non-hydrogen) atoms. The normalized spacial score (nSPS) is 10.5. The molecule has 4 nitrogen and oxygen atoms in total. The largest absolute Gasteiger partial charge is 0.382 e. The first-order valence-electron chi connectivity index (χ1n) is 8.05. The summed E-state index contributed by atoms with van der Waals surface area (Å²) in [6, 6.07) is 16.6. The Bertz CT molecular complexity index is 982. The van der Waals surface area contributed by atoms with Crippen LogP contribution in [-0.4, -0.2) is 9.97 Å². The minimum absolute atomic E-state index is 0.126. The van der Waals surface area contributed by atoms with Gasteiger partial charge in [-0.15, -0.1) is 0 Å². The van der Waals surface area contributed by atoms with Crippen molar-refractivity contribution in [1.82, 2.24) is 9.97 Å². The van der Waals surface area contributed by atoms with Crippen molar-refractivity contribution in [2.75, 3.05) is 5.73 Å². The average molecular weight is 364 g/mol. The number of nitrogens with zero attached hydrogens (tertiary/aromatic N) is 3. The lowest BCUT2D eigenvalue weighted by molar-refractivity contribution is 0.612. The van der Waals surface area contributed by atoms with Crippen LogP contribution in [0.3, 0.4) is 0 Å². The summed E-state index contributed by atoms with van der Waals surface area (Å²) < 4.78 is 14.0. The van der Waals surface area contributed by atoms with E-state index in [0.717, 1.165) is 0 Å². The number of nitrogen functional groups attached to an aromatic ring is 1. The summed E-state index contributed by atoms with van der Waals surface area (Å²) in [5.74, 6) is 0.487. The van der Waals surface area contributed by atoms with Crippen LogP contribution in [0.2, 0.25) is 0 Å². The molecule has 0 radical (unpaired) electrons. The van der Waals surface area contributed by atoms with Crippen LogP contribution in [0.1, 0.15) is 27.9 Å². The van der Waals surface area contributed by atoms with E-state index >= 15 is 0 Å². The Morgan fingerprint density at radius 3 is 2.46 bits per heavy atom. The number of nitrogens with two attached hydrogens (primary N) is 1. The number of anilines is 1. The fourth-order valence-corrected chi connectivity index (χ4v) is 3.50. The summed E-state index contributed by atoms with van der Waals surface area (Å²) >= 11 is 1.44. The molecule has 0 saturated carbocycles. The molecular weight excluding hydrogens is 347 g/mol. The van der Waals surface area contributed by atoms with Crippen molar-refractivity contribution in [2.24, 2.45) is 0 Å². The van der Waals surface area contributed by atoms with Crippen molar-refractivity contribution < 1.29 is 4.39 Å². The van der Waals surface area contributed by atoms with Crippen molar-refractivity contribution in [2.45, 2.75) is 24.3 Å². The Morgan fingerprint density at radius 1 is 1.08 bits per heavy atom. The highest BCUT2D eigenvalue weighted by molar-refractivity contribution is 7.98. The first kappa shape index (κ1) is 17.9. The van der Waals surface area contributed by atoms with Gasteiger partial charge in [-0.25, -0.2) is 14.4 Å². The maximum Gasteiger partial charge on any atom is 0.190 e. The quantitative estimate of drug-likeness (QED) is 0.541. The highest BCUT2D eigenvalue weighted by Crippen LogP contribution is 2.25. The molecule has 130 valence electrons. The maximum atomic E-state index is 14.0. The number of thioether (sulfide) groups is 1. The number of aromatic nitrogens is 2. The molecule has 1 heterocycles. The van der Waals surface area contributed by atoms with E-state index < -0.39 is 0 Å². The van der Waals surface area contributed by atoms with Crippen molar-refractivity contribution in [3.05, 3.63) is 82.3 Å². The molecule has 0 aliphatic rings. The van der Waals surface area contributed by atoms with E-state index in [1.54, 1.807) is 18.2 Å². The van der Waals surface area contributed by atoms with Gasteiger partial charge in [-0.05, 0) is 29.7 Å². The summed E-state index contributed by atoms with van der Waals surface area (Å²) in [5, 5.41) is 9.85. The van der Waals surface area contributed by atoms with Gasteiger partial charge in [-0.3, -0.25) is 0 Å². The standard InChI is InChI=1S/C20H17FN4S/c1-13-6-2-3-8-15(13)12-26-20-24-18(16(11-22)19(23)25-20)10-14-7-4-5-9-17(14)21/h2-9H,10,12H2,1H3,(H2,23,24,25). The number of hydrogen-bond acceptors (Lipinski definition) is 5. The molecular formula is C20H17FN4S. The van der Waals surface area contributed by atoms with E-state index in [-0.39, 0.29) is 23.6 Å². The van der Waals surface area contributed by atoms with Gasteiger partial charge >= 0.3 is 0 Å². The number of benzene rings is 2. The second kappa shape index (κ2) is 7.98. The fraction of sp³-hybridized carbons (Fsp3) is 0.150. The SMILES string of the molecule is Cc1ccccc1CSc1nc(N)c(C#N)c(Cc2ccccc2F)n1. The second-order valence-electron chi connectivity index (χ2n) is 5.81. The van der Waals surface area contributed by atoms with Crippen molar-refractivity contribution >= 4 is 17.6 Å². The number of aryl methyl sites for hydroxylation is 1. The van der Waals surface area contributed by atoms with Crippen molar-refractivity contribution in [3.63, 3.8) is 0 Å². The zero-order valence-electron chi connectivity index (χ0n) is 14.2. The molecule has 0 fully saturated rings. The summed E-state index contributed by atoms with van der Waals surface area (Å²) in [7, 11) is 0. The monoisotopic (exact) mass is 364 g/mol. The minimum atomic E-state index is -0.331. The predicted octanol–water partition coefficient (Wildman–Crippen LogP) is 4.26. The van der Waals surface area contributed by atoms with E-state index in [0.29, 0.717) is 22.2 Å². The van der Waals surface area contributed by atoms with Gasteiger partial charge in [-0.1, -0.05) is 54.2 Å². The first-order valence-corrected chi connectivity index (χ1v) is 9.04. The molecule has 0 spiro atoms. The third-order valence-electron chi connectivity index (χ3n) is 4.04. The third kappa shape index (κ3) is 4.01. The van der Waals surface area contributed by atoms with E-state index in [9.17, 15) is 9.65 Å². The molecule has 3 aromatic rings. The molecule has 2 N–H and O–H groups in total. The highest BCUT2D eigenvalue weighted by atomic mass is 32.2. The zero-order chi connectivity index (χ0) is 18.5. The number of nitriles is 1. The van der Waals surface area contributed by atoms with E-state index in [2.05, 4.69) is 16.0 Å². The van der Waals surface area contributed by atoms with Crippen LogP contribution in [0, 0.1) is 24.1 Å². The fourth-order valence-electron chi connectivity index (χ4n) is 2.55. The molecule has 0 unspecified atom stereocenters. The van der Waals surface area contributed by atoms with Gasteiger partial charge in [0.15, 0.2) is 5.16 Å². The van der Waals surface area contributed by atoms with Crippen LogP contribution in [0.25, 0.3) is 0 Å². The smallest absolute Gasteiger partial charge is 0.190 e. The van der Waals surface area contributed by atoms with Gasteiger partial charge in [0, 0.05) is 12.2 Å². The van der Waals surface area contributed by atoms with Crippen LogP contribution in [0.4, 0.5) is 10.2 Å². The van der Waals surface area contributed by atoms with Crippen molar-refractivity contribution in [1.29, 1.82) is 5.26 Å². The van der Waals surface area contributed by atoms with E-state index in [4.69, 9.17) is 5.73 Å². The van der Waals surface area contributed by atoms with Gasteiger partial charge in [-0.2, -0.15) is 5.26 Å². The summed E-state index contributed by atoms with van der Waals surface area (Å²) in [4.78, 5) is 8.69. The Morgan fingerprint density at radius 2 is 1.77 bits per heavy atom. The minimum Gasteiger partial charge on any atom is -0.382 e. The van der Waals surface area contributed by atoms with E-state index in [1.807, 2.05) is 31.2 Å². The molecule has 2 aromatic carbocycles. The van der Waals surface area contributed by atoms with Gasteiger partial charge in [0.05, 0.1) is 5.69 Å². The lowest BCUT2D eigenvalue weighted by atomic mass is 10.1. The molecule has 0 bridgehead atoms. The lowest BCUT2D eigenvalue weighted by Gasteiger charge is -2.10. The second-order valence-corrected chi connectivity index (χ2v) is 6.75. The molecule has 0 aliphatic heterocycles. The predicted molar refractivity (Wildman–Crippen MR) is 101 cm³/mol. The molecule has 6 heteroatoms. The van der Waals surface area contributed by atoms with Crippen LogP contribution >= 0.6 is 11.8 Å². The number of halogens is 1. The third-order valence-corrected chi connectivity index (χ3v) is 4.93. The van der Waals surface area contributed by atoms with Crippen LogP contribution in [-0.2, 0) is 12.2 Å². The lowest BCUT2D eigenvalue weighted by Crippen LogP contribution is -2.07. The molecule has 0 saturated heterocycles. The maximum absolute atomic E-state index is 14.0. The molecule has 3 rings (SSSR count). The van der Waals surface area contributed by atoms with Gasteiger partial charge in [0.1, 0.15) is 23.3 Å². The van der Waals surface area contributed by atoms with Crippen LogP contribution < -0.4 is 5.73 Å². The van der Waals surface area contributed by atoms with Crippen molar-refractivity contribution in [3.8, 4) is 6.07 Å². The van der Waals surface area contributed by atoms with Crippen LogP contribution in [0.15, 0.2) is 53.7 Å². The topological polar surface area (TPSA) is 75.6 Å². The Balaban J connectivity index is 1.88. The summed E-state index contributed by atoms with van der Waals surface area (Å²) in [5.41, 5.74) is 9.42. The van der Waals surface area contributed by atoms with E-state index in [1.165, 1.54) is 29.0 Å². The first-order chi connectivity index (χ1) is 12.6. The number of hydrogen-bond donors (Lipinski definition) is 1. The average Bonchev–Trinajstić information content (AvgIpc) is 2.63.